The van der Waals surface area contributed by atoms with Crippen LogP contribution in [0, 0.1) is 5.92 Å². The van der Waals surface area contributed by atoms with Crippen LogP contribution in [0.25, 0.3) is 27.9 Å². The van der Waals surface area contributed by atoms with Crippen LogP contribution in [-0.2, 0) is 11.2 Å². The maximum absolute atomic E-state index is 13.0. The highest BCUT2D eigenvalue weighted by molar-refractivity contribution is 5.83. The van der Waals surface area contributed by atoms with Crippen molar-refractivity contribution >= 4 is 22.8 Å². The normalized spacial score (nSPS) is 12.7. The summed E-state index contributed by atoms with van der Waals surface area (Å²) in [6, 6.07) is 8.68. The number of hydrogen-bond acceptors (Lipinski definition) is 6. The second-order valence-electron chi connectivity index (χ2n) is 7.13. The Hall–Kier alpha value is -3.62. The van der Waals surface area contributed by atoms with Gasteiger partial charge in [0, 0.05) is 0 Å². The summed E-state index contributed by atoms with van der Waals surface area (Å²) >= 11 is 0. The van der Waals surface area contributed by atoms with Crippen LogP contribution in [0.3, 0.4) is 0 Å². The standard InChI is InChI=1S/C20H20N6O3/c1-4-13-14(12-8-6-5-7-9-12)17-23-22-15-18(26(17)24-13)21-10-25(19(15)27)16(11(2)3)20(28)29/h5-11,16H,4H2,1-3H3,(H,28,29). The molecular formula is C20H20N6O3. The van der Waals surface area contributed by atoms with Crippen molar-refractivity contribution in [2.45, 2.75) is 33.2 Å². The molecule has 1 aromatic carbocycles. The van der Waals surface area contributed by atoms with Gasteiger partial charge in [0.25, 0.3) is 5.56 Å². The molecule has 0 aliphatic rings. The molecule has 0 aliphatic carbocycles. The fraction of sp³-hybridized carbons (Fsp3) is 0.300. The number of aromatic nitrogens is 6. The Morgan fingerprint density at radius 1 is 1.14 bits per heavy atom. The molecule has 4 rings (SSSR count). The van der Waals surface area contributed by atoms with Gasteiger partial charge < -0.3 is 5.11 Å². The van der Waals surface area contributed by atoms with Gasteiger partial charge in [-0.3, -0.25) is 9.36 Å². The third kappa shape index (κ3) is 2.95. The van der Waals surface area contributed by atoms with Gasteiger partial charge in [-0.2, -0.15) is 9.61 Å². The number of nitrogens with zero attached hydrogens (tertiary/aromatic N) is 6. The Morgan fingerprint density at radius 3 is 2.48 bits per heavy atom. The maximum atomic E-state index is 13.0. The fourth-order valence-corrected chi connectivity index (χ4v) is 3.55. The van der Waals surface area contributed by atoms with E-state index in [1.54, 1.807) is 13.8 Å². The van der Waals surface area contributed by atoms with E-state index in [9.17, 15) is 14.7 Å². The van der Waals surface area contributed by atoms with Gasteiger partial charge in [-0.25, -0.2) is 9.78 Å². The molecule has 0 amide bonds. The van der Waals surface area contributed by atoms with Gasteiger partial charge in [0.1, 0.15) is 12.4 Å². The molecule has 0 aliphatic heterocycles. The van der Waals surface area contributed by atoms with Crippen LogP contribution < -0.4 is 5.56 Å². The van der Waals surface area contributed by atoms with Gasteiger partial charge in [0.2, 0.25) is 0 Å². The van der Waals surface area contributed by atoms with Crippen molar-refractivity contribution in [2.24, 2.45) is 5.92 Å². The number of aryl methyl sites for hydroxylation is 1. The summed E-state index contributed by atoms with van der Waals surface area (Å²) in [5.41, 5.74) is 2.79. The Morgan fingerprint density at radius 2 is 1.86 bits per heavy atom. The molecule has 0 bridgehead atoms. The second kappa shape index (κ2) is 7.08. The molecule has 1 unspecified atom stereocenters. The van der Waals surface area contributed by atoms with Crippen LogP contribution >= 0.6 is 0 Å². The van der Waals surface area contributed by atoms with Crippen molar-refractivity contribution < 1.29 is 9.90 Å². The van der Waals surface area contributed by atoms with Crippen LogP contribution in [0.15, 0.2) is 41.5 Å². The maximum Gasteiger partial charge on any atom is 0.327 e. The highest BCUT2D eigenvalue weighted by atomic mass is 16.4. The lowest BCUT2D eigenvalue weighted by Gasteiger charge is -2.18. The van der Waals surface area contributed by atoms with E-state index in [-0.39, 0.29) is 17.1 Å². The molecule has 0 saturated heterocycles. The number of carbonyl (C=O) groups is 1. The number of benzene rings is 1. The Bertz CT molecular complexity index is 1280. The minimum absolute atomic E-state index is 0.0170. The Kier molecular flexibility index (Phi) is 4.57. The minimum atomic E-state index is -1.10. The SMILES string of the molecule is CCc1nn2c(nnc3c(=O)n(C(C(=O)O)C(C)C)cnc32)c1-c1ccccc1. The van der Waals surface area contributed by atoms with Crippen LogP contribution in [0.2, 0.25) is 0 Å². The van der Waals surface area contributed by atoms with Crippen LogP contribution in [0.1, 0.15) is 32.5 Å². The lowest BCUT2D eigenvalue weighted by atomic mass is 10.0. The Balaban J connectivity index is 2.01. The molecule has 29 heavy (non-hydrogen) atoms. The predicted octanol–water partition coefficient (Wildman–Crippen LogP) is 2.35. The highest BCUT2D eigenvalue weighted by Gasteiger charge is 2.27. The monoisotopic (exact) mass is 392 g/mol. The van der Waals surface area contributed by atoms with Crippen molar-refractivity contribution in [3.63, 3.8) is 0 Å². The molecule has 1 N–H and O–H groups in total. The summed E-state index contributed by atoms with van der Waals surface area (Å²) in [6.07, 6.45) is 1.92. The predicted molar refractivity (Wildman–Crippen MR) is 107 cm³/mol. The zero-order valence-corrected chi connectivity index (χ0v) is 16.3. The molecule has 1 atom stereocenters. The first kappa shape index (κ1) is 18.7. The minimum Gasteiger partial charge on any atom is -0.480 e. The van der Waals surface area contributed by atoms with E-state index in [4.69, 9.17) is 0 Å². The molecule has 0 saturated carbocycles. The second-order valence-corrected chi connectivity index (χ2v) is 7.13. The smallest absolute Gasteiger partial charge is 0.327 e. The molecule has 9 heteroatoms. The summed E-state index contributed by atoms with van der Waals surface area (Å²) in [6.45, 7) is 5.46. The van der Waals surface area contributed by atoms with Crippen molar-refractivity contribution in [1.29, 1.82) is 0 Å². The number of fused-ring (bicyclic) bond motifs is 3. The quantitative estimate of drug-likeness (QED) is 0.554. The topological polar surface area (TPSA) is 115 Å². The molecule has 3 aromatic heterocycles. The summed E-state index contributed by atoms with van der Waals surface area (Å²) in [4.78, 5) is 29.0. The number of hydrogen-bond donors (Lipinski definition) is 1. The average Bonchev–Trinajstić information content (AvgIpc) is 3.09. The third-order valence-corrected chi connectivity index (χ3v) is 4.91. The van der Waals surface area contributed by atoms with Gasteiger partial charge in [0.05, 0.1) is 11.3 Å². The van der Waals surface area contributed by atoms with Crippen molar-refractivity contribution in [1.82, 2.24) is 29.4 Å². The van der Waals surface area contributed by atoms with Crippen LogP contribution in [-0.4, -0.2) is 40.4 Å². The van der Waals surface area contributed by atoms with Crippen molar-refractivity contribution in [3.05, 3.63) is 52.7 Å². The lowest BCUT2D eigenvalue weighted by molar-refractivity contribution is -0.142. The van der Waals surface area contributed by atoms with Gasteiger partial charge >= 0.3 is 5.97 Å². The van der Waals surface area contributed by atoms with Gasteiger partial charge in [-0.05, 0) is 17.9 Å². The van der Waals surface area contributed by atoms with Crippen molar-refractivity contribution in [3.8, 4) is 11.1 Å². The lowest BCUT2D eigenvalue weighted by Crippen LogP contribution is -2.34. The van der Waals surface area contributed by atoms with E-state index >= 15 is 0 Å². The molecule has 0 fully saturated rings. The first-order valence-electron chi connectivity index (χ1n) is 9.37. The molecule has 4 aromatic rings. The summed E-state index contributed by atoms with van der Waals surface area (Å²) in [5, 5.41) is 22.5. The molecule has 9 nitrogen and oxygen atoms in total. The molecule has 148 valence electrons. The highest BCUT2D eigenvalue weighted by Crippen LogP contribution is 2.28. The molecule has 3 heterocycles. The number of carboxylic acid groups (broad SMARTS) is 1. The van der Waals surface area contributed by atoms with E-state index in [2.05, 4.69) is 20.3 Å². The fourth-order valence-electron chi connectivity index (χ4n) is 3.55. The van der Waals surface area contributed by atoms with E-state index in [0.717, 1.165) is 21.4 Å². The first-order chi connectivity index (χ1) is 13.9. The largest absolute Gasteiger partial charge is 0.480 e. The van der Waals surface area contributed by atoms with Gasteiger partial charge in [-0.1, -0.05) is 51.1 Å². The summed E-state index contributed by atoms with van der Waals surface area (Å²) < 4.78 is 2.61. The summed E-state index contributed by atoms with van der Waals surface area (Å²) in [7, 11) is 0. The van der Waals surface area contributed by atoms with Gasteiger partial charge in [-0.15, -0.1) is 10.2 Å². The molecular weight excluding hydrogens is 372 g/mol. The van der Waals surface area contributed by atoms with Crippen LogP contribution in [0.4, 0.5) is 0 Å². The Labute approximate surface area is 165 Å². The first-order valence-corrected chi connectivity index (χ1v) is 9.37. The van der Waals surface area contributed by atoms with E-state index in [1.807, 2.05) is 37.3 Å². The van der Waals surface area contributed by atoms with E-state index < -0.39 is 17.6 Å². The third-order valence-electron chi connectivity index (χ3n) is 4.91. The zero-order chi connectivity index (χ0) is 20.7. The van der Waals surface area contributed by atoms with E-state index in [1.165, 1.54) is 10.8 Å². The zero-order valence-electron chi connectivity index (χ0n) is 16.3. The molecule has 0 spiro atoms. The summed E-state index contributed by atoms with van der Waals surface area (Å²) in [5.74, 6) is -1.40. The number of carboxylic acids is 1. The number of rotatable bonds is 5. The van der Waals surface area contributed by atoms with Crippen molar-refractivity contribution in [2.75, 3.05) is 0 Å². The van der Waals surface area contributed by atoms with Crippen LogP contribution in [0.5, 0.6) is 0 Å². The van der Waals surface area contributed by atoms with Gasteiger partial charge in [0.15, 0.2) is 16.8 Å². The molecule has 0 radical (unpaired) electrons. The van der Waals surface area contributed by atoms with E-state index in [0.29, 0.717) is 12.1 Å². The number of aliphatic carboxylic acids is 1. The average molecular weight is 392 g/mol.